The highest BCUT2D eigenvalue weighted by molar-refractivity contribution is 6.13. The van der Waals surface area contributed by atoms with Crippen LogP contribution in [0.5, 0.6) is 5.75 Å². The summed E-state index contributed by atoms with van der Waals surface area (Å²) < 4.78 is 9.25. The highest BCUT2D eigenvalue weighted by atomic mass is 35.5. The molecule has 0 radical (unpaired) electrons. The third-order valence-electron chi connectivity index (χ3n) is 2.04. The highest BCUT2D eigenvalue weighted by Crippen LogP contribution is 2.27. The van der Waals surface area contributed by atoms with E-state index in [1.807, 2.05) is 12.1 Å². The van der Waals surface area contributed by atoms with Crippen molar-refractivity contribution in [3.63, 3.8) is 0 Å². The first-order valence-corrected chi connectivity index (χ1v) is 4.47. The van der Waals surface area contributed by atoms with E-state index in [-0.39, 0.29) is 0 Å². The average Bonchev–Trinajstić information content (AvgIpc) is 2.26. The first-order chi connectivity index (χ1) is 6.70. The number of para-hydroxylation sites is 1. The molecule has 0 aliphatic heterocycles. The molecule has 0 bridgehead atoms. The Hall–Kier alpha value is -1.22. The van der Waals surface area contributed by atoms with E-state index in [1.165, 1.54) is 0 Å². The van der Waals surface area contributed by atoms with Gasteiger partial charge in [0.15, 0.2) is 0 Å². The van der Waals surface area contributed by atoms with Gasteiger partial charge in [-0.2, -0.15) is 0 Å². The Labute approximate surface area is 87.8 Å². The van der Waals surface area contributed by atoms with E-state index < -0.39 is 11.9 Å². The maximum Gasteiger partial charge on any atom is 0.331 e. The number of methoxy groups -OCH3 is 1. The Morgan fingerprint density at radius 2 is 2.07 bits per heavy atom. The lowest BCUT2D eigenvalue weighted by Crippen LogP contribution is -2.09. The summed E-state index contributed by atoms with van der Waals surface area (Å²) in [5, 5.41) is 0. The standard InChI is InChI=1S/C10H11ClO3/c1-7(10(12)14-11)8-5-3-4-6-9(8)13-2/h3-7H,1-2H3. The van der Waals surface area contributed by atoms with Crippen molar-refractivity contribution >= 4 is 17.8 Å². The molecule has 0 N–H and O–H groups in total. The molecule has 4 heteroatoms. The van der Waals surface area contributed by atoms with Crippen molar-refractivity contribution in [2.75, 3.05) is 7.11 Å². The van der Waals surface area contributed by atoms with Crippen LogP contribution in [-0.4, -0.2) is 13.1 Å². The molecule has 1 aromatic carbocycles. The van der Waals surface area contributed by atoms with Gasteiger partial charge in [-0.25, -0.2) is 4.79 Å². The first kappa shape index (κ1) is 10.9. The Morgan fingerprint density at radius 1 is 1.43 bits per heavy atom. The van der Waals surface area contributed by atoms with Crippen LogP contribution >= 0.6 is 11.9 Å². The highest BCUT2D eigenvalue weighted by Gasteiger charge is 2.19. The molecule has 14 heavy (non-hydrogen) atoms. The molecule has 0 saturated carbocycles. The van der Waals surface area contributed by atoms with Gasteiger partial charge in [0.1, 0.15) is 17.6 Å². The zero-order valence-electron chi connectivity index (χ0n) is 7.99. The van der Waals surface area contributed by atoms with Gasteiger partial charge in [-0.05, 0) is 13.0 Å². The van der Waals surface area contributed by atoms with Gasteiger partial charge in [0, 0.05) is 5.56 Å². The van der Waals surface area contributed by atoms with Crippen molar-refractivity contribution in [3.8, 4) is 5.75 Å². The summed E-state index contributed by atoms with van der Waals surface area (Å²) in [5.41, 5.74) is 0.764. The van der Waals surface area contributed by atoms with E-state index in [1.54, 1.807) is 26.2 Å². The van der Waals surface area contributed by atoms with Gasteiger partial charge < -0.3 is 9.03 Å². The predicted octanol–water partition coefficient (Wildman–Crippen LogP) is 2.50. The SMILES string of the molecule is COc1ccccc1C(C)C(=O)OCl. The van der Waals surface area contributed by atoms with Crippen LogP contribution in [0, 0.1) is 0 Å². The normalized spacial score (nSPS) is 11.9. The smallest absolute Gasteiger partial charge is 0.331 e. The number of rotatable bonds is 3. The van der Waals surface area contributed by atoms with Gasteiger partial charge >= 0.3 is 5.97 Å². The largest absolute Gasteiger partial charge is 0.496 e. The number of hydrogen-bond acceptors (Lipinski definition) is 3. The van der Waals surface area contributed by atoms with Crippen LogP contribution in [-0.2, 0) is 9.08 Å². The molecule has 0 heterocycles. The first-order valence-electron chi connectivity index (χ1n) is 4.16. The summed E-state index contributed by atoms with van der Waals surface area (Å²) in [4.78, 5) is 11.2. The van der Waals surface area contributed by atoms with Crippen LogP contribution in [0.3, 0.4) is 0 Å². The Kier molecular flexibility index (Phi) is 3.77. The molecule has 1 rings (SSSR count). The fourth-order valence-corrected chi connectivity index (χ4v) is 1.35. The lowest BCUT2D eigenvalue weighted by Gasteiger charge is -2.11. The Bertz CT molecular complexity index is 325. The molecule has 0 aliphatic carbocycles. The van der Waals surface area contributed by atoms with Crippen molar-refractivity contribution in [1.29, 1.82) is 0 Å². The molecule has 0 fully saturated rings. The number of carbonyl (C=O) groups excluding carboxylic acids is 1. The molecule has 76 valence electrons. The fourth-order valence-electron chi connectivity index (χ4n) is 1.22. The number of hydrogen-bond donors (Lipinski definition) is 0. The zero-order chi connectivity index (χ0) is 10.6. The van der Waals surface area contributed by atoms with E-state index in [0.29, 0.717) is 5.75 Å². The zero-order valence-corrected chi connectivity index (χ0v) is 8.75. The van der Waals surface area contributed by atoms with E-state index in [2.05, 4.69) is 4.29 Å². The van der Waals surface area contributed by atoms with Crippen molar-refractivity contribution in [3.05, 3.63) is 29.8 Å². The van der Waals surface area contributed by atoms with Gasteiger partial charge in [0.2, 0.25) is 0 Å². The van der Waals surface area contributed by atoms with Crippen molar-refractivity contribution in [2.45, 2.75) is 12.8 Å². The molecular weight excluding hydrogens is 204 g/mol. The second-order valence-electron chi connectivity index (χ2n) is 2.86. The molecule has 1 atom stereocenters. The van der Waals surface area contributed by atoms with E-state index in [0.717, 1.165) is 5.56 Å². The van der Waals surface area contributed by atoms with E-state index >= 15 is 0 Å². The molecule has 1 unspecified atom stereocenters. The summed E-state index contributed by atoms with van der Waals surface area (Å²) in [7, 11) is 1.55. The number of carbonyl (C=O) groups is 1. The molecule has 0 aliphatic rings. The number of ether oxygens (including phenoxy) is 1. The van der Waals surface area contributed by atoms with Crippen LogP contribution in [0.15, 0.2) is 24.3 Å². The molecular formula is C10H11ClO3. The number of halogens is 1. The van der Waals surface area contributed by atoms with Gasteiger partial charge in [-0.1, -0.05) is 18.2 Å². The minimum absolute atomic E-state index is 0.427. The second-order valence-corrected chi connectivity index (χ2v) is 3.01. The third kappa shape index (κ3) is 2.17. The van der Waals surface area contributed by atoms with Crippen LogP contribution in [0.4, 0.5) is 0 Å². The van der Waals surface area contributed by atoms with E-state index in [4.69, 9.17) is 16.6 Å². The van der Waals surface area contributed by atoms with Crippen molar-refractivity contribution < 1.29 is 13.8 Å². The molecule has 0 aromatic heterocycles. The maximum atomic E-state index is 11.2. The summed E-state index contributed by atoms with van der Waals surface area (Å²) in [6.07, 6.45) is 0. The third-order valence-corrected chi connectivity index (χ3v) is 2.19. The summed E-state index contributed by atoms with van der Waals surface area (Å²) in [5.74, 6) is -0.262. The fraction of sp³-hybridized carbons (Fsp3) is 0.300. The lowest BCUT2D eigenvalue weighted by molar-refractivity contribution is -0.135. The molecule has 0 amide bonds. The van der Waals surface area contributed by atoms with E-state index in [9.17, 15) is 4.79 Å². The lowest BCUT2D eigenvalue weighted by atomic mass is 10.0. The molecule has 1 aromatic rings. The van der Waals surface area contributed by atoms with Gasteiger partial charge in [0.25, 0.3) is 0 Å². The monoisotopic (exact) mass is 214 g/mol. The van der Waals surface area contributed by atoms with Gasteiger partial charge in [-0.3, -0.25) is 0 Å². The number of benzene rings is 1. The second kappa shape index (κ2) is 4.86. The minimum atomic E-state index is -0.490. The van der Waals surface area contributed by atoms with Crippen LogP contribution in [0.2, 0.25) is 0 Å². The molecule has 0 spiro atoms. The average molecular weight is 215 g/mol. The minimum Gasteiger partial charge on any atom is -0.496 e. The topological polar surface area (TPSA) is 35.5 Å². The van der Waals surface area contributed by atoms with Crippen molar-refractivity contribution in [2.24, 2.45) is 0 Å². The van der Waals surface area contributed by atoms with Crippen LogP contribution in [0.25, 0.3) is 0 Å². The summed E-state index contributed by atoms with van der Waals surface area (Å²) >= 11 is 5.00. The maximum absolute atomic E-state index is 11.2. The Morgan fingerprint density at radius 3 is 2.64 bits per heavy atom. The Balaban J connectivity index is 2.99. The predicted molar refractivity (Wildman–Crippen MR) is 53.4 cm³/mol. The molecule has 3 nitrogen and oxygen atoms in total. The molecule has 0 saturated heterocycles. The van der Waals surface area contributed by atoms with Crippen LogP contribution < -0.4 is 4.74 Å². The van der Waals surface area contributed by atoms with Gasteiger partial charge in [-0.15, -0.1) is 0 Å². The van der Waals surface area contributed by atoms with Crippen molar-refractivity contribution in [1.82, 2.24) is 0 Å². The quantitative estimate of drug-likeness (QED) is 0.776. The summed E-state index contributed by atoms with van der Waals surface area (Å²) in [6.45, 7) is 1.71. The van der Waals surface area contributed by atoms with Crippen LogP contribution in [0.1, 0.15) is 18.4 Å². The van der Waals surface area contributed by atoms with Gasteiger partial charge in [0.05, 0.1) is 13.0 Å². The summed E-state index contributed by atoms with van der Waals surface area (Å²) in [6, 6.07) is 7.25.